The van der Waals surface area contributed by atoms with Crippen molar-refractivity contribution in [2.24, 2.45) is 0 Å². The van der Waals surface area contributed by atoms with E-state index >= 15 is 0 Å². The monoisotopic (exact) mass is 385 g/mol. The van der Waals surface area contributed by atoms with E-state index in [2.05, 4.69) is 0 Å². The molecule has 0 radical (unpaired) electrons. The van der Waals surface area contributed by atoms with E-state index in [9.17, 15) is 8.42 Å². The maximum absolute atomic E-state index is 12.7. The Morgan fingerprint density at radius 2 is 1.52 bits per heavy atom. The van der Waals surface area contributed by atoms with Gasteiger partial charge in [0.05, 0.1) is 31.2 Å². The molecule has 0 aliphatic heterocycles. The Hall–Kier alpha value is -1.96. The molecule has 0 N–H and O–H groups in total. The number of rotatable bonds is 7. The van der Waals surface area contributed by atoms with E-state index in [-0.39, 0.29) is 16.5 Å². The molecule has 25 heavy (non-hydrogen) atoms. The normalized spacial score (nSPS) is 11.4. The molecular weight excluding hydrogens is 366 g/mol. The lowest BCUT2D eigenvalue weighted by Gasteiger charge is -2.18. The summed E-state index contributed by atoms with van der Waals surface area (Å²) in [4.78, 5) is 0.0984. The van der Waals surface area contributed by atoms with Crippen LogP contribution in [0.1, 0.15) is 5.56 Å². The van der Waals surface area contributed by atoms with Crippen molar-refractivity contribution in [3.63, 3.8) is 0 Å². The third-order valence-electron chi connectivity index (χ3n) is 3.68. The summed E-state index contributed by atoms with van der Waals surface area (Å²) in [6, 6.07) is 9.63. The van der Waals surface area contributed by atoms with Crippen molar-refractivity contribution < 1.29 is 22.6 Å². The number of sulfonamides is 1. The Balaban J connectivity index is 2.27. The van der Waals surface area contributed by atoms with Gasteiger partial charge in [0.2, 0.25) is 10.0 Å². The maximum Gasteiger partial charge on any atom is 0.243 e. The van der Waals surface area contributed by atoms with E-state index in [4.69, 9.17) is 25.8 Å². The summed E-state index contributed by atoms with van der Waals surface area (Å²) < 4.78 is 42.2. The van der Waals surface area contributed by atoms with Crippen molar-refractivity contribution in [1.82, 2.24) is 4.31 Å². The van der Waals surface area contributed by atoms with Gasteiger partial charge in [0.1, 0.15) is 5.75 Å². The van der Waals surface area contributed by atoms with Crippen molar-refractivity contribution >= 4 is 21.6 Å². The first kappa shape index (κ1) is 19.4. The predicted octanol–water partition coefficient (Wildman–Crippen LogP) is 3.19. The minimum Gasteiger partial charge on any atom is -0.495 e. The van der Waals surface area contributed by atoms with Crippen LogP contribution in [0.3, 0.4) is 0 Å². The van der Waals surface area contributed by atoms with Crippen LogP contribution in [0.2, 0.25) is 5.02 Å². The molecule has 2 aromatic carbocycles. The number of benzene rings is 2. The van der Waals surface area contributed by atoms with Gasteiger partial charge in [-0.3, -0.25) is 0 Å². The van der Waals surface area contributed by atoms with E-state index in [1.165, 1.54) is 43.8 Å². The van der Waals surface area contributed by atoms with Gasteiger partial charge in [0.15, 0.2) is 11.5 Å². The van der Waals surface area contributed by atoms with Crippen LogP contribution >= 0.6 is 11.6 Å². The Kier molecular flexibility index (Phi) is 6.16. The Bertz CT molecular complexity index is 854. The highest BCUT2D eigenvalue weighted by molar-refractivity contribution is 7.89. The number of nitrogens with zero attached hydrogens (tertiary/aromatic N) is 1. The average molecular weight is 386 g/mol. The number of hydrogen-bond acceptors (Lipinski definition) is 5. The lowest BCUT2D eigenvalue weighted by atomic mass is 10.2. The Labute approximate surface area is 152 Å². The molecule has 2 rings (SSSR count). The van der Waals surface area contributed by atoms with Crippen LogP contribution < -0.4 is 14.2 Å². The number of ether oxygens (including phenoxy) is 3. The molecule has 0 fully saturated rings. The third kappa shape index (κ3) is 4.18. The molecule has 0 unspecified atom stereocenters. The molecule has 0 spiro atoms. The number of hydrogen-bond donors (Lipinski definition) is 0. The smallest absolute Gasteiger partial charge is 0.243 e. The van der Waals surface area contributed by atoms with E-state index < -0.39 is 10.0 Å². The van der Waals surface area contributed by atoms with Gasteiger partial charge in [-0.1, -0.05) is 17.7 Å². The second-order valence-electron chi connectivity index (χ2n) is 5.25. The molecule has 0 aliphatic rings. The molecule has 0 atom stereocenters. The molecule has 8 heteroatoms. The number of methoxy groups -OCH3 is 3. The SMILES string of the molecule is COc1ccc(S(=O)(=O)N(C)Cc2ccc(OC)c(OC)c2)cc1Cl. The van der Waals surface area contributed by atoms with Crippen molar-refractivity contribution in [3.05, 3.63) is 47.0 Å². The highest BCUT2D eigenvalue weighted by Crippen LogP contribution is 2.30. The van der Waals surface area contributed by atoms with Gasteiger partial charge in [0, 0.05) is 13.6 Å². The average Bonchev–Trinajstić information content (AvgIpc) is 2.61. The molecule has 0 aliphatic carbocycles. The summed E-state index contributed by atoms with van der Waals surface area (Å²) in [6.07, 6.45) is 0. The van der Waals surface area contributed by atoms with Gasteiger partial charge < -0.3 is 14.2 Å². The lowest BCUT2D eigenvalue weighted by molar-refractivity contribution is 0.354. The summed E-state index contributed by atoms with van der Waals surface area (Å²) >= 11 is 6.04. The molecule has 0 heterocycles. The van der Waals surface area contributed by atoms with Crippen molar-refractivity contribution in [1.29, 1.82) is 0 Å². The molecule has 0 amide bonds. The summed E-state index contributed by atoms with van der Waals surface area (Å²) in [5.41, 5.74) is 0.767. The van der Waals surface area contributed by atoms with Gasteiger partial charge in [0.25, 0.3) is 0 Å². The van der Waals surface area contributed by atoms with Crippen molar-refractivity contribution in [3.8, 4) is 17.2 Å². The molecule has 0 bridgehead atoms. The lowest BCUT2D eigenvalue weighted by Crippen LogP contribution is -2.26. The molecule has 0 saturated heterocycles. The zero-order valence-corrected chi connectivity index (χ0v) is 16.0. The van der Waals surface area contributed by atoms with Crippen LogP contribution in [0, 0.1) is 0 Å². The fourth-order valence-corrected chi connectivity index (χ4v) is 3.82. The fraction of sp³-hybridized carbons (Fsp3) is 0.294. The van der Waals surface area contributed by atoms with Crippen LogP contribution in [-0.2, 0) is 16.6 Å². The second kappa shape index (κ2) is 7.95. The molecule has 0 aromatic heterocycles. The minimum absolute atomic E-state index is 0.0984. The molecule has 2 aromatic rings. The maximum atomic E-state index is 12.7. The molecular formula is C17H20ClNO5S. The van der Waals surface area contributed by atoms with E-state index in [1.54, 1.807) is 25.3 Å². The van der Waals surface area contributed by atoms with Crippen LogP contribution in [-0.4, -0.2) is 41.1 Å². The van der Waals surface area contributed by atoms with E-state index in [1.807, 2.05) is 0 Å². The highest BCUT2D eigenvalue weighted by atomic mass is 35.5. The summed E-state index contributed by atoms with van der Waals surface area (Å²) in [5.74, 6) is 1.54. The number of halogens is 1. The Morgan fingerprint density at radius 1 is 0.920 bits per heavy atom. The van der Waals surface area contributed by atoms with Gasteiger partial charge in [-0.2, -0.15) is 4.31 Å². The minimum atomic E-state index is -3.70. The molecule has 6 nitrogen and oxygen atoms in total. The first-order valence-electron chi connectivity index (χ1n) is 7.34. The third-order valence-corrected chi connectivity index (χ3v) is 5.78. The van der Waals surface area contributed by atoms with Crippen LogP contribution in [0.4, 0.5) is 0 Å². The zero-order chi connectivity index (χ0) is 18.6. The Morgan fingerprint density at radius 3 is 2.08 bits per heavy atom. The first-order chi connectivity index (χ1) is 11.8. The summed E-state index contributed by atoms with van der Waals surface area (Å²) in [7, 11) is 2.35. The van der Waals surface area contributed by atoms with Gasteiger partial charge in [-0.25, -0.2) is 8.42 Å². The van der Waals surface area contributed by atoms with Gasteiger partial charge >= 0.3 is 0 Å². The van der Waals surface area contributed by atoms with E-state index in [0.29, 0.717) is 17.2 Å². The van der Waals surface area contributed by atoms with Crippen molar-refractivity contribution in [2.45, 2.75) is 11.4 Å². The summed E-state index contributed by atoms with van der Waals surface area (Å²) in [6.45, 7) is 0.173. The van der Waals surface area contributed by atoms with Crippen LogP contribution in [0.5, 0.6) is 17.2 Å². The molecule has 0 saturated carbocycles. The van der Waals surface area contributed by atoms with Gasteiger partial charge in [-0.15, -0.1) is 0 Å². The first-order valence-corrected chi connectivity index (χ1v) is 9.16. The van der Waals surface area contributed by atoms with Crippen molar-refractivity contribution in [2.75, 3.05) is 28.4 Å². The predicted molar refractivity (Wildman–Crippen MR) is 96.2 cm³/mol. The van der Waals surface area contributed by atoms with Gasteiger partial charge in [-0.05, 0) is 35.9 Å². The second-order valence-corrected chi connectivity index (χ2v) is 7.70. The highest BCUT2D eigenvalue weighted by Gasteiger charge is 2.22. The van der Waals surface area contributed by atoms with E-state index in [0.717, 1.165) is 5.56 Å². The van der Waals surface area contributed by atoms with Crippen LogP contribution in [0.15, 0.2) is 41.3 Å². The topological polar surface area (TPSA) is 65.1 Å². The fourth-order valence-electron chi connectivity index (χ4n) is 2.31. The standard InChI is InChI=1S/C17H20ClNO5S/c1-19(11-12-5-7-16(23-3)17(9-12)24-4)25(20,21)13-6-8-15(22-2)14(18)10-13/h5-10H,11H2,1-4H3. The largest absolute Gasteiger partial charge is 0.495 e. The summed E-state index contributed by atoms with van der Waals surface area (Å²) in [5, 5.41) is 0.239. The zero-order valence-electron chi connectivity index (χ0n) is 14.4. The quantitative estimate of drug-likeness (QED) is 0.732. The molecule has 136 valence electrons. The van der Waals surface area contributed by atoms with Crippen LogP contribution in [0.25, 0.3) is 0 Å².